The van der Waals surface area contributed by atoms with Gasteiger partial charge in [0.25, 0.3) is 0 Å². The van der Waals surface area contributed by atoms with Crippen LogP contribution in [-0.4, -0.2) is 17.8 Å². The van der Waals surface area contributed by atoms with Gasteiger partial charge < -0.3 is 10.8 Å². The number of rotatable bonds is 5. The molecule has 0 spiro atoms. The number of hydrogen-bond acceptors (Lipinski definition) is 2. The molecule has 1 aliphatic carbocycles. The predicted octanol–water partition coefficient (Wildman–Crippen LogP) is 1.62. The van der Waals surface area contributed by atoms with Crippen LogP contribution in [0.3, 0.4) is 0 Å². The van der Waals surface area contributed by atoms with E-state index < -0.39 is 0 Å². The van der Waals surface area contributed by atoms with Gasteiger partial charge in [0.15, 0.2) is 0 Å². The summed E-state index contributed by atoms with van der Waals surface area (Å²) in [5, 5.41) is 10.1. The molecule has 1 saturated carbocycles. The predicted molar refractivity (Wildman–Crippen MR) is 55.3 cm³/mol. The van der Waals surface area contributed by atoms with E-state index in [1.807, 2.05) is 0 Å². The maximum atomic E-state index is 10.1. The van der Waals surface area contributed by atoms with Crippen LogP contribution in [0, 0.1) is 23.7 Å². The standard InChI is InChI=1S/C11H23NO/c1-7(2)10(6-12)11(13)8(3)9-4-5-9/h7-11,13H,4-6,12H2,1-3H3. The lowest BCUT2D eigenvalue weighted by Crippen LogP contribution is -2.37. The maximum Gasteiger partial charge on any atom is 0.0611 e. The highest BCUT2D eigenvalue weighted by atomic mass is 16.3. The van der Waals surface area contributed by atoms with Crippen LogP contribution in [-0.2, 0) is 0 Å². The molecule has 13 heavy (non-hydrogen) atoms. The average molecular weight is 185 g/mol. The van der Waals surface area contributed by atoms with Crippen LogP contribution in [0.25, 0.3) is 0 Å². The van der Waals surface area contributed by atoms with Crippen molar-refractivity contribution in [2.24, 2.45) is 29.4 Å². The van der Waals surface area contributed by atoms with Crippen molar-refractivity contribution < 1.29 is 5.11 Å². The van der Waals surface area contributed by atoms with E-state index in [-0.39, 0.29) is 12.0 Å². The van der Waals surface area contributed by atoms with E-state index in [1.54, 1.807) is 0 Å². The van der Waals surface area contributed by atoms with Crippen molar-refractivity contribution >= 4 is 0 Å². The van der Waals surface area contributed by atoms with Crippen LogP contribution in [0.1, 0.15) is 33.6 Å². The Kier molecular flexibility index (Phi) is 3.74. The highest BCUT2D eigenvalue weighted by Crippen LogP contribution is 2.40. The topological polar surface area (TPSA) is 46.2 Å². The molecule has 3 atom stereocenters. The molecule has 3 N–H and O–H groups in total. The molecule has 0 aromatic heterocycles. The van der Waals surface area contributed by atoms with Gasteiger partial charge in [-0.1, -0.05) is 20.8 Å². The van der Waals surface area contributed by atoms with Crippen molar-refractivity contribution in [3.05, 3.63) is 0 Å². The molecular formula is C11H23NO. The lowest BCUT2D eigenvalue weighted by molar-refractivity contribution is 0.0320. The van der Waals surface area contributed by atoms with E-state index in [1.165, 1.54) is 12.8 Å². The SMILES string of the molecule is CC(C)C(CN)C(O)C(C)C1CC1. The summed E-state index contributed by atoms with van der Waals surface area (Å²) in [4.78, 5) is 0. The fourth-order valence-electron chi connectivity index (χ4n) is 2.10. The molecule has 1 aliphatic rings. The first-order valence-corrected chi connectivity index (χ1v) is 5.46. The summed E-state index contributed by atoms with van der Waals surface area (Å²) in [5.41, 5.74) is 5.67. The minimum Gasteiger partial charge on any atom is -0.392 e. The molecule has 0 radical (unpaired) electrons. The van der Waals surface area contributed by atoms with Gasteiger partial charge in [-0.15, -0.1) is 0 Å². The van der Waals surface area contributed by atoms with E-state index in [0.29, 0.717) is 18.4 Å². The van der Waals surface area contributed by atoms with Crippen LogP contribution in [0.4, 0.5) is 0 Å². The van der Waals surface area contributed by atoms with Crippen molar-refractivity contribution in [1.29, 1.82) is 0 Å². The average Bonchev–Trinajstić information content (AvgIpc) is 2.85. The molecule has 2 nitrogen and oxygen atoms in total. The lowest BCUT2D eigenvalue weighted by Gasteiger charge is -2.29. The summed E-state index contributed by atoms with van der Waals surface area (Å²) in [6, 6.07) is 0. The molecule has 3 unspecified atom stereocenters. The Labute approximate surface area is 81.5 Å². The molecule has 0 heterocycles. The van der Waals surface area contributed by atoms with Crippen molar-refractivity contribution in [3.8, 4) is 0 Å². The summed E-state index contributed by atoms with van der Waals surface area (Å²) in [6.07, 6.45) is 2.40. The van der Waals surface area contributed by atoms with Crippen LogP contribution in [0.15, 0.2) is 0 Å². The zero-order valence-electron chi connectivity index (χ0n) is 9.03. The summed E-state index contributed by atoms with van der Waals surface area (Å²) >= 11 is 0. The van der Waals surface area contributed by atoms with E-state index in [2.05, 4.69) is 20.8 Å². The monoisotopic (exact) mass is 185 g/mol. The molecule has 78 valence electrons. The Morgan fingerprint density at radius 2 is 1.85 bits per heavy atom. The van der Waals surface area contributed by atoms with Crippen LogP contribution < -0.4 is 5.73 Å². The maximum absolute atomic E-state index is 10.1. The van der Waals surface area contributed by atoms with E-state index in [9.17, 15) is 5.11 Å². The van der Waals surface area contributed by atoms with Crippen LogP contribution in [0.2, 0.25) is 0 Å². The Morgan fingerprint density at radius 1 is 1.31 bits per heavy atom. The fraction of sp³-hybridized carbons (Fsp3) is 1.00. The Morgan fingerprint density at radius 3 is 2.15 bits per heavy atom. The van der Waals surface area contributed by atoms with Gasteiger partial charge in [-0.05, 0) is 43.1 Å². The van der Waals surface area contributed by atoms with E-state index >= 15 is 0 Å². The Hall–Kier alpha value is -0.0800. The summed E-state index contributed by atoms with van der Waals surface area (Å²) in [6.45, 7) is 7.05. The highest BCUT2D eigenvalue weighted by Gasteiger charge is 2.36. The third-order valence-electron chi connectivity index (χ3n) is 3.47. The molecule has 0 saturated heterocycles. The molecule has 2 heteroatoms. The Balaban J connectivity index is 2.46. The molecular weight excluding hydrogens is 162 g/mol. The minimum absolute atomic E-state index is 0.197. The molecule has 0 aliphatic heterocycles. The van der Waals surface area contributed by atoms with Gasteiger partial charge in [0.1, 0.15) is 0 Å². The van der Waals surface area contributed by atoms with Gasteiger partial charge in [0, 0.05) is 0 Å². The van der Waals surface area contributed by atoms with Gasteiger partial charge in [-0.2, -0.15) is 0 Å². The summed E-state index contributed by atoms with van der Waals surface area (Å²) in [5.74, 6) is 1.97. The lowest BCUT2D eigenvalue weighted by atomic mass is 9.82. The number of aliphatic hydroxyl groups excluding tert-OH is 1. The molecule has 0 aromatic carbocycles. The first kappa shape index (κ1) is 11.0. The van der Waals surface area contributed by atoms with Crippen molar-refractivity contribution in [3.63, 3.8) is 0 Å². The number of nitrogens with two attached hydrogens (primary N) is 1. The zero-order chi connectivity index (χ0) is 10.0. The van der Waals surface area contributed by atoms with Crippen molar-refractivity contribution in [1.82, 2.24) is 0 Å². The largest absolute Gasteiger partial charge is 0.392 e. The van der Waals surface area contributed by atoms with Gasteiger partial charge in [0.05, 0.1) is 6.10 Å². The summed E-state index contributed by atoms with van der Waals surface area (Å²) in [7, 11) is 0. The third-order valence-corrected chi connectivity index (χ3v) is 3.47. The second kappa shape index (κ2) is 4.43. The minimum atomic E-state index is -0.197. The van der Waals surface area contributed by atoms with Gasteiger partial charge >= 0.3 is 0 Å². The van der Waals surface area contributed by atoms with Gasteiger partial charge in [-0.25, -0.2) is 0 Å². The van der Waals surface area contributed by atoms with E-state index in [4.69, 9.17) is 5.73 Å². The third kappa shape index (κ3) is 2.68. The second-order valence-corrected chi connectivity index (χ2v) is 4.83. The van der Waals surface area contributed by atoms with Crippen molar-refractivity contribution in [2.45, 2.75) is 39.7 Å². The molecule has 1 fully saturated rings. The first-order valence-electron chi connectivity index (χ1n) is 5.46. The van der Waals surface area contributed by atoms with Crippen LogP contribution in [0.5, 0.6) is 0 Å². The molecule has 0 bridgehead atoms. The van der Waals surface area contributed by atoms with Gasteiger partial charge in [-0.3, -0.25) is 0 Å². The normalized spacial score (nSPS) is 24.5. The van der Waals surface area contributed by atoms with Crippen LogP contribution >= 0.6 is 0 Å². The first-order chi connectivity index (χ1) is 6.07. The zero-order valence-corrected chi connectivity index (χ0v) is 9.03. The molecule has 0 aromatic rings. The highest BCUT2D eigenvalue weighted by molar-refractivity contribution is 4.87. The molecule has 0 amide bonds. The molecule has 1 rings (SSSR count). The quantitative estimate of drug-likeness (QED) is 0.683. The second-order valence-electron chi connectivity index (χ2n) is 4.83. The van der Waals surface area contributed by atoms with Crippen molar-refractivity contribution in [2.75, 3.05) is 6.54 Å². The van der Waals surface area contributed by atoms with E-state index in [0.717, 1.165) is 5.92 Å². The number of aliphatic hydroxyl groups is 1. The van der Waals surface area contributed by atoms with Gasteiger partial charge in [0.2, 0.25) is 0 Å². The Bertz CT molecular complexity index is 154. The summed E-state index contributed by atoms with van der Waals surface area (Å²) < 4.78 is 0. The smallest absolute Gasteiger partial charge is 0.0611 e. The number of hydrogen-bond donors (Lipinski definition) is 2. The fourth-order valence-corrected chi connectivity index (χ4v) is 2.10.